The molecule has 0 spiro atoms. The summed E-state index contributed by atoms with van der Waals surface area (Å²) in [5.74, 6) is 0. The molecule has 100 valence electrons. The second kappa shape index (κ2) is 6.17. The minimum atomic E-state index is 0.402. The van der Waals surface area contributed by atoms with Crippen molar-refractivity contribution in [3.8, 4) is 0 Å². The van der Waals surface area contributed by atoms with Crippen LogP contribution >= 0.6 is 0 Å². The van der Waals surface area contributed by atoms with Crippen LogP contribution in [0.5, 0.6) is 0 Å². The molecule has 2 unspecified atom stereocenters. The number of nitrogens with one attached hydrogen (secondary N) is 1. The Labute approximate surface area is 106 Å². The standard InChI is InChI=1S/C14H28N2O/c1-3-6-14(7-5-8-15-14)12-16-9-10-17-11-13(16)4-2/h13,15H,3-12H2,1-2H3. The lowest BCUT2D eigenvalue weighted by Gasteiger charge is -2.41. The monoisotopic (exact) mass is 240 g/mol. The molecule has 0 aliphatic carbocycles. The molecule has 0 radical (unpaired) electrons. The van der Waals surface area contributed by atoms with E-state index in [-0.39, 0.29) is 0 Å². The third-order valence-corrected chi connectivity index (χ3v) is 4.39. The zero-order valence-electron chi connectivity index (χ0n) is 11.5. The Balaban J connectivity index is 1.96. The van der Waals surface area contributed by atoms with Gasteiger partial charge in [-0.1, -0.05) is 20.3 Å². The van der Waals surface area contributed by atoms with Gasteiger partial charge < -0.3 is 10.1 Å². The van der Waals surface area contributed by atoms with Gasteiger partial charge in [-0.2, -0.15) is 0 Å². The number of hydrogen-bond acceptors (Lipinski definition) is 3. The first-order chi connectivity index (χ1) is 8.29. The topological polar surface area (TPSA) is 24.5 Å². The van der Waals surface area contributed by atoms with E-state index in [1.165, 1.54) is 45.2 Å². The molecule has 0 aromatic rings. The predicted molar refractivity (Wildman–Crippen MR) is 71.3 cm³/mol. The summed E-state index contributed by atoms with van der Waals surface area (Å²) in [4.78, 5) is 2.66. The third kappa shape index (κ3) is 3.21. The van der Waals surface area contributed by atoms with E-state index < -0.39 is 0 Å². The second-order valence-corrected chi connectivity index (χ2v) is 5.67. The van der Waals surface area contributed by atoms with Gasteiger partial charge in [-0.3, -0.25) is 4.90 Å². The highest BCUT2D eigenvalue weighted by molar-refractivity contribution is 4.96. The molecule has 2 aliphatic heterocycles. The van der Waals surface area contributed by atoms with Gasteiger partial charge in [-0.05, 0) is 32.2 Å². The molecule has 0 bridgehead atoms. The summed E-state index contributed by atoms with van der Waals surface area (Å²) >= 11 is 0. The SMILES string of the molecule is CCCC1(CN2CCOCC2CC)CCCN1. The van der Waals surface area contributed by atoms with Crippen molar-refractivity contribution in [3.05, 3.63) is 0 Å². The molecule has 2 heterocycles. The van der Waals surface area contributed by atoms with Gasteiger partial charge in [0.2, 0.25) is 0 Å². The molecular weight excluding hydrogens is 212 g/mol. The predicted octanol–water partition coefficient (Wildman–Crippen LogP) is 2.02. The third-order valence-electron chi connectivity index (χ3n) is 4.39. The van der Waals surface area contributed by atoms with E-state index in [0.717, 1.165) is 19.8 Å². The summed E-state index contributed by atoms with van der Waals surface area (Å²) in [6.07, 6.45) is 6.52. The molecule has 0 amide bonds. The van der Waals surface area contributed by atoms with E-state index in [0.29, 0.717) is 11.6 Å². The maximum atomic E-state index is 5.60. The fraction of sp³-hybridized carbons (Fsp3) is 1.00. The van der Waals surface area contributed by atoms with E-state index in [4.69, 9.17) is 4.74 Å². The van der Waals surface area contributed by atoms with Crippen molar-refractivity contribution >= 4 is 0 Å². The molecule has 2 saturated heterocycles. The minimum absolute atomic E-state index is 0.402. The average molecular weight is 240 g/mol. The minimum Gasteiger partial charge on any atom is -0.378 e. The number of rotatable bonds is 5. The maximum absolute atomic E-state index is 5.60. The van der Waals surface area contributed by atoms with Gasteiger partial charge in [-0.25, -0.2) is 0 Å². The van der Waals surface area contributed by atoms with Crippen molar-refractivity contribution in [2.45, 2.75) is 57.5 Å². The Morgan fingerprint density at radius 2 is 2.29 bits per heavy atom. The molecule has 2 atom stereocenters. The van der Waals surface area contributed by atoms with E-state index in [2.05, 4.69) is 24.1 Å². The smallest absolute Gasteiger partial charge is 0.0622 e. The number of morpholine rings is 1. The summed E-state index contributed by atoms with van der Waals surface area (Å²) in [6.45, 7) is 9.98. The first-order valence-corrected chi connectivity index (χ1v) is 7.36. The van der Waals surface area contributed by atoms with Gasteiger partial charge in [0.15, 0.2) is 0 Å². The Kier molecular flexibility index (Phi) is 4.83. The normalized spacial score (nSPS) is 35.3. The molecule has 2 aliphatic rings. The maximum Gasteiger partial charge on any atom is 0.0622 e. The van der Waals surface area contributed by atoms with Crippen molar-refractivity contribution in [1.82, 2.24) is 10.2 Å². The lowest BCUT2D eigenvalue weighted by atomic mass is 9.90. The Morgan fingerprint density at radius 1 is 1.41 bits per heavy atom. The highest BCUT2D eigenvalue weighted by Crippen LogP contribution is 2.27. The quantitative estimate of drug-likeness (QED) is 0.795. The van der Waals surface area contributed by atoms with Gasteiger partial charge in [0.05, 0.1) is 13.2 Å². The highest BCUT2D eigenvalue weighted by atomic mass is 16.5. The average Bonchev–Trinajstić information content (AvgIpc) is 2.79. The molecular formula is C14H28N2O. The van der Waals surface area contributed by atoms with E-state index in [1.54, 1.807) is 0 Å². The van der Waals surface area contributed by atoms with Crippen LogP contribution < -0.4 is 5.32 Å². The van der Waals surface area contributed by atoms with Gasteiger partial charge in [0, 0.05) is 24.7 Å². The van der Waals surface area contributed by atoms with Crippen LogP contribution in [0, 0.1) is 0 Å². The molecule has 1 N–H and O–H groups in total. The molecule has 0 aromatic carbocycles. The van der Waals surface area contributed by atoms with E-state index in [1.807, 2.05) is 0 Å². The van der Waals surface area contributed by atoms with Gasteiger partial charge >= 0.3 is 0 Å². The Bertz CT molecular complexity index is 226. The fourth-order valence-electron chi connectivity index (χ4n) is 3.44. The Morgan fingerprint density at radius 3 is 2.94 bits per heavy atom. The molecule has 3 nitrogen and oxygen atoms in total. The lowest BCUT2D eigenvalue weighted by molar-refractivity contribution is -0.0207. The van der Waals surface area contributed by atoms with E-state index >= 15 is 0 Å². The summed E-state index contributed by atoms with van der Waals surface area (Å²) < 4.78 is 5.60. The first kappa shape index (κ1) is 13.3. The summed E-state index contributed by atoms with van der Waals surface area (Å²) in [5, 5.41) is 3.78. The van der Waals surface area contributed by atoms with Crippen LogP contribution in [0.3, 0.4) is 0 Å². The van der Waals surface area contributed by atoms with E-state index in [9.17, 15) is 0 Å². The van der Waals surface area contributed by atoms with Crippen LogP contribution in [0.25, 0.3) is 0 Å². The largest absolute Gasteiger partial charge is 0.378 e. The van der Waals surface area contributed by atoms with Crippen LogP contribution in [0.15, 0.2) is 0 Å². The number of hydrogen-bond donors (Lipinski definition) is 1. The van der Waals surface area contributed by atoms with Crippen molar-refractivity contribution < 1.29 is 4.74 Å². The zero-order chi connectivity index (χ0) is 12.1. The second-order valence-electron chi connectivity index (χ2n) is 5.67. The van der Waals surface area contributed by atoms with Gasteiger partial charge in [0.25, 0.3) is 0 Å². The van der Waals surface area contributed by atoms with Crippen molar-refractivity contribution in [1.29, 1.82) is 0 Å². The van der Waals surface area contributed by atoms with Crippen LogP contribution in [0.2, 0.25) is 0 Å². The van der Waals surface area contributed by atoms with Gasteiger partial charge in [-0.15, -0.1) is 0 Å². The van der Waals surface area contributed by atoms with Crippen LogP contribution in [-0.2, 0) is 4.74 Å². The fourth-order valence-corrected chi connectivity index (χ4v) is 3.44. The number of ether oxygens (including phenoxy) is 1. The number of nitrogens with zero attached hydrogens (tertiary/aromatic N) is 1. The van der Waals surface area contributed by atoms with Crippen LogP contribution in [0.1, 0.15) is 46.0 Å². The van der Waals surface area contributed by atoms with Crippen LogP contribution in [-0.4, -0.2) is 49.3 Å². The molecule has 3 heteroatoms. The van der Waals surface area contributed by atoms with Crippen molar-refractivity contribution in [2.75, 3.05) is 32.8 Å². The summed E-state index contributed by atoms with van der Waals surface area (Å²) in [7, 11) is 0. The van der Waals surface area contributed by atoms with Crippen LogP contribution in [0.4, 0.5) is 0 Å². The molecule has 0 saturated carbocycles. The first-order valence-electron chi connectivity index (χ1n) is 7.36. The molecule has 17 heavy (non-hydrogen) atoms. The molecule has 0 aromatic heterocycles. The van der Waals surface area contributed by atoms with Crippen molar-refractivity contribution in [2.24, 2.45) is 0 Å². The van der Waals surface area contributed by atoms with Gasteiger partial charge in [0.1, 0.15) is 0 Å². The Hall–Kier alpha value is -0.120. The summed E-state index contributed by atoms with van der Waals surface area (Å²) in [6, 6.07) is 0.639. The molecule has 2 rings (SSSR count). The zero-order valence-corrected chi connectivity index (χ0v) is 11.5. The van der Waals surface area contributed by atoms with Crippen molar-refractivity contribution in [3.63, 3.8) is 0 Å². The lowest BCUT2D eigenvalue weighted by Crippen LogP contribution is -2.55. The highest BCUT2D eigenvalue weighted by Gasteiger charge is 2.36. The molecule has 2 fully saturated rings. The summed E-state index contributed by atoms with van der Waals surface area (Å²) in [5.41, 5.74) is 0.402.